The van der Waals surface area contributed by atoms with Gasteiger partial charge in [0.25, 0.3) is 0 Å². The van der Waals surface area contributed by atoms with Crippen LogP contribution in [-0.2, 0) is 5.88 Å². The van der Waals surface area contributed by atoms with Crippen LogP contribution in [0.1, 0.15) is 5.56 Å². The summed E-state index contributed by atoms with van der Waals surface area (Å²) in [7, 11) is 0. The zero-order valence-electron chi connectivity index (χ0n) is 8.45. The van der Waals surface area contributed by atoms with Crippen molar-refractivity contribution in [2.24, 2.45) is 0 Å². The van der Waals surface area contributed by atoms with E-state index in [-0.39, 0.29) is 0 Å². The van der Waals surface area contributed by atoms with Crippen LogP contribution in [0.5, 0.6) is 0 Å². The summed E-state index contributed by atoms with van der Waals surface area (Å²) in [5.41, 5.74) is 3.13. The Morgan fingerprint density at radius 2 is 1.94 bits per heavy atom. The van der Waals surface area contributed by atoms with Gasteiger partial charge in [-0.05, 0) is 39.7 Å². The molecule has 2 nitrogen and oxygen atoms in total. The van der Waals surface area contributed by atoms with Crippen molar-refractivity contribution in [3.05, 3.63) is 52.8 Å². The van der Waals surface area contributed by atoms with Crippen LogP contribution in [0.15, 0.2) is 47.2 Å². The lowest BCUT2D eigenvalue weighted by atomic mass is 10.2. The smallest absolute Gasteiger partial charge is 0.0593 e. The Labute approximate surface area is 108 Å². The molecule has 82 valence electrons. The van der Waals surface area contributed by atoms with Crippen molar-refractivity contribution >= 4 is 38.9 Å². The summed E-state index contributed by atoms with van der Waals surface area (Å²) in [4.78, 5) is 4.01. The minimum atomic E-state index is 0.541. The molecule has 2 aromatic rings. The van der Waals surface area contributed by atoms with Crippen molar-refractivity contribution in [2.45, 2.75) is 5.88 Å². The molecule has 1 N–H and O–H groups in total. The van der Waals surface area contributed by atoms with Crippen LogP contribution in [0, 0.1) is 0 Å². The number of benzene rings is 1. The zero-order valence-corrected chi connectivity index (χ0v) is 10.8. The summed E-state index contributed by atoms with van der Waals surface area (Å²) in [6.07, 6.45) is 3.51. The normalized spacial score (nSPS) is 10.1. The van der Waals surface area contributed by atoms with Crippen LogP contribution < -0.4 is 5.32 Å². The van der Waals surface area contributed by atoms with E-state index in [4.69, 9.17) is 11.6 Å². The number of alkyl halides is 1. The second kappa shape index (κ2) is 5.32. The van der Waals surface area contributed by atoms with E-state index in [1.807, 2.05) is 30.3 Å². The van der Waals surface area contributed by atoms with E-state index in [0.29, 0.717) is 5.88 Å². The van der Waals surface area contributed by atoms with Crippen LogP contribution in [-0.4, -0.2) is 4.98 Å². The standard InChI is InChI=1S/C12H10BrClN2/c13-11-8-15-6-5-12(11)16-10-3-1-9(7-14)2-4-10/h1-6,8H,7H2,(H,15,16). The van der Waals surface area contributed by atoms with Crippen molar-refractivity contribution in [1.82, 2.24) is 4.98 Å². The monoisotopic (exact) mass is 296 g/mol. The van der Waals surface area contributed by atoms with Gasteiger partial charge in [0.1, 0.15) is 0 Å². The largest absolute Gasteiger partial charge is 0.355 e. The highest BCUT2D eigenvalue weighted by Crippen LogP contribution is 2.24. The van der Waals surface area contributed by atoms with Crippen molar-refractivity contribution in [2.75, 3.05) is 5.32 Å². The first-order chi connectivity index (χ1) is 7.79. The SMILES string of the molecule is ClCc1ccc(Nc2ccncc2Br)cc1. The molecule has 0 radical (unpaired) electrons. The molecule has 16 heavy (non-hydrogen) atoms. The minimum absolute atomic E-state index is 0.541. The van der Waals surface area contributed by atoms with Crippen molar-refractivity contribution in [3.63, 3.8) is 0 Å². The lowest BCUT2D eigenvalue weighted by Gasteiger charge is -2.08. The Morgan fingerprint density at radius 3 is 2.56 bits per heavy atom. The molecule has 0 bridgehead atoms. The number of pyridine rings is 1. The average molecular weight is 298 g/mol. The van der Waals surface area contributed by atoms with Gasteiger partial charge < -0.3 is 5.32 Å². The van der Waals surface area contributed by atoms with Gasteiger partial charge in [0.2, 0.25) is 0 Å². The van der Waals surface area contributed by atoms with E-state index < -0.39 is 0 Å². The third kappa shape index (κ3) is 2.74. The molecule has 0 spiro atoms. The number of hydrogen-bond donors (Lipinski definition) is 1. The van der Waals surface area contributed by atoms with Crippen molar-refractivity contribution < 1.29 is 0 Å². The van der Waals surface area contributed by atoms with E-state index in [0.717, 1.165) is 21.4 Å². The lowest BCUT2D eigenvalue weighted by molar-refractivity contribution is 1.30. The summed E-state index contributed by atoms with van der Waals surface area (Å²) in [6, 6.07) is 9.93. The lowest BCUT2D eigenvalue weighted by Crippen LogP contribution is -1.91. The summed E-state index contributed by atoms with van der Waals surface area (Å²) in [6.45, 7) is 0. The van der Waals surface area contributed by atoms with Gasteiger partial charge in [-0.3, -0.25) is 4.98 Å². The number of hydrogen-bond acceptors (Lipinski definition) is 2. The highest BCUT2D eigenvalue weighted by atomic mass is 79.9. The number of nitrogens with one attached hydrogen (secondary N) is 1. The molecular weight excluding hydrogens is 288 g/mol. The van der Waals surface area contributed by atoms with Gasteiger partial charge in [-0.25, -0.2) is 0 Å². The highest BCUT2D eigenvalue weighted by Gasteiger charge is 1.99. The predicted octanol–water partition coefficient (Wildman–Crippen LogP) is 4.33. The third-order valence-corrected chi connectivity index (χ3v) is 3.10. The maximum atomic E-state index is 5.73. The second-order valence-electron chi connectivity index (χ2n) is 3.31. The van der Waals surface area contributed by atoms with Gasteiger partial charge in [0, 0.05) is 24.0 Å². The summed E-state index contributed by atoms with van der Waals surface area (Å²) in [5.74, 6) is 0.541. The molecule has 2 rings (SSSR count). The number of aromatic nitrogens is 1. The van der Waals surface area contributed by atoms with E-state index in [1.165, 1.54) is 0 Å². The first-order valence-corrected chi connectivity index (χ1v) is 6.14. The Balaban J connectivity index is 2.18. The summed E-state index contributed by atoms with van der Waals surface area (Å²) in [5, 5.41) is 3.29. The molecule has 4 heteroatoms. The molecule has 0 amide bonds. The Hall–Kier alpha value is -1.06. The summed E-state index contributed by atoms with van der Waals surface area (Å²) < 4.78 is 0.941. The Kier molecular flexibility index (Phi) is 3.80. The molecule has 0 atom stereocenters. The molecule has 0 aliphatic carbocycles. The van der Waals surface area contributed by atoms with Gasteiger partial charge in [-0.1, -0.05) is 12.1 Å². The molecule has 0 fully saturated rings. The molecule has 0 unspecified atom stereocenters. The van der Waals surface area contributed by atoms with Gasteiger partial charge in [-0.2, -0.15) is 0 Å². The predicted molar refractivity (Wildman–Crippen MR) is 71.2 cm³/mol. The highest BCUT2D eigenvalue weighted by molar-refractivity contribution is 9.10. The molecule has 0 saturated carbocycles. The van der Waals surface area contributed by atoms with Gasteiger partial charge >= 0.3 is 0 Å². The fraction of sp³-hybridized carbons (Fsp3) is 0.0833. The van der Waals surface area contributed by atoms with Crippen LogP contribution >= 0.6 is 27.5 Å². The van der Waals surface area contributed by atoms with Gasteiger partial charge in [0.05, 0.1) is 10.2 Å². The number of halogens is 2. The first kappa shape index (κ1) is 11.4. The van der Waals surface area contributed by atoms with E-state index in [1.54, 1.807) is 12.4 Å². The minimum Gasteiger partial charge on any atom is -0.355 e. The van der Waals surface area contributed by atoms with E-state index >= 15 is 0 Å². The third-order valence-electron chi connectivity index (χ3n) is 2.16. The molecule has 0 aliphatic rings. The quantitative estimate of drug-likeness (QED) is 0.853. The molecule has 1 heterocycles. The zero-order chi connectivity index (χ0) is 11.4. The average Bonchev–Trinajstić information content (AvgIpc) is 2.33. The number of rotatable bonds is 3. The maximum absolute atomic E-state index is 5.73. The fourth-order valence-electron chi connectivity index (χ4n) is 1.31. The maximum Gasteiger partial charge on any atom is 0.0593 e. The van der Waals surface area contributed by atoms with Gasteiger partial charge in [0.15, 0.2) is 0 Å². The van der Waals surface area contributed by atoms with Crippen molar-refractivity contribution in [1.29, 1.82) is 0 Å². The summed E-state index contributed by atoms with van der Waals surface area (Å²) >= 11 is 9.16. The van der Waals surface area contributed by atoms with Crippen LogP contribution in [0.25, 0.3) is 0 Å². The molecular formula is C12H10BrClN2. The first-order valence-electron chi connectivity index (χ1n) is 4.81. The van der Waals surface area contributed by atoms with E-state index in [9.17, 15) is 0 Å². The van der Waals surface area contributed by atoms with Crippen LogP contribution in [0.3, 0.4) is 0 Å². The van der Waals surface area contributed by atoms with E-state index in [2.05, 4.69) is 26.2 Å². The molecule has 0 saturated heterocycles. The molecule has 0 aliphatic heterocycles. The fourth-order valence-corrected chi connectivity index (χ4v) is 1.84. The Bertz CT molecular complexity index is 471. The Morgan fingerprint density at radius 1 is 1.19 bits per heavy atom. The van der Waals surface area contributed by atoms with Crippen LogP contribution in [0.2, 0.25) is 0 Å². The van der Waals surface area contributed by atoms with Crippen molar-refractivity contribution in [3.8, 4) is 0 Å². The van der Waals surface area contributed by atoms with Gasteiger partial charge in [-0.15, -0.1) is 11.6 Å². The van der Waals surface area contributed by atoms with Crippen LogP contribution in [0.4, 0.5) is 11.4 Å². The second-order valence-corrected chi connectivity index (χ2v) is 4.43. The molecule has 1 aromatic carbocycles. The number of nitrogens with zero attached hydrogens (tertiary/aromatic N) is 1. The number of anilines is 2. The topological polar surface area (TPSA) is 24.9 Å². The molecule has 1 aromatic heterocycles.